The summed E-state index contributed by atoms with van der Waals surface area (Å²) in [6.07, 6.45) is 6.29. The van der Waals surface area contributed by atoms with Crippen molar-refractivity contribution in [2.24, 2.45) is 11.8 Å². The first-order chi connectivity index (χ1) is 11.7. The molecule has 0 heterocycles. The summed E-state index contributed by atoms with van der Waals surface area (Å²) in [5.74, 6) is 1.26. The van der Waals surface area contributed by atoms with Gasteiger partial charge in [-0.15, -0.1) is 0 Å². The number of rotatable bonds is 8. The number of amides is 1. The van der Waals surface area contributed by atoms with E-state index in [-0.39, 0.29) is 11.8 Å². The maximum absolute atomic E-state index is 12.8. The highest BCUT2D eigenvalue weighted by molar-refractivity contribution is 7.86. The van der Waals surface area contributed by atoms with E-state index < -0.39 is 10.1 Å². The fraction of sp³-hybridized carbons (Fsp3) is 0.632. The van der Waals surface area contributed by atoms with E-state index in [4.69, 9.17) is 4.18 Å². The molecule has 0 N–H and O–H groups in total. The van der Waals surface area contributed by atoms with Crippen molar-refractivity contribution in [2.45, 2.75) is 52.5 Å². The lowest BCUT2D eigenvalue weighted by Crippen LogP contribution is -2.36. The van der Waals surface area contributed by atoms with Gasteiger partial charge in [-0.3, -0.25) is 4.79 Å². The molecule has 1 fully saturated rings. The molecule has 0 saturated heterocycles. The molecule has 1 amide bonds. The van der Waals surface area contributed by atoms with Crippen LogP contribution in [-0.2, 0) is 21.5 Å². The van der Waals surface area contributed by atoms with Gasteiger partial charge in [0.1, 0.15) is 5.75 Å². The molecule has 140 valence electrons. The van der Waals surface area contributed by atoms with Gasteiger partial charge in [0.2, 0.25) is 5.91 Å². The third-order valence-corrected chi connectivity index (χ3v) is 5.03. The summed E-state index contributed by atoms with van der Waals surface area (Å²) in [6.45, 7) is 5.64. The molecule has 0 aromatic heterocycles. The molecule has 0 bridgehead atoms. The van der Waals surface area contributed by atoms with Gasteiger partial charge < -0.3 is 9.08 Å². The Morgan fingerprint density at radius 1 is 1.20 bits per heavy atom. The average molecular weight is 368 g/mol. The lowest BCUT2D eigenvalue weighted by molar-refractivity contribution is -0.136. The van der Waals surface area contributed by atoms with Crippen LogP contribution in [0.5, 0.6) is 5.75 Å². The SMILES string of the molecule is CC(C)CCN(Cc1ccc(OS(C)(=O)=O)cc1)C(=O)C1CCCC1. The van der Waals surface area contributed by atoms with Crippen LogP contribution in [-0.4, -0.2) is 32.0 Å². The summed E-state index contributed by atoms with van der Waals surface area (Å²) in [5, 5.41) is 0. The Bertz CT molecular complexity index is 661. The van der Waals surface area contributed by atoms with Crippen molar-refractivity contribution in [2.75, 3.05) is 12.8 Å². The number of carbonyl (C=O) groups excluding carboxylic acids is 1. The molecule has 1 aliphatic rings. The van der Waals surface area contributed by atoms with E-state index in [1.165, 1.54) is 0 Å². The number of benzene rings is 1. The summed E-state index contributed by atoms with van der Waals surface area (Å²) in [6, 6.07) is 6.92. The maximum Gasteiger partial charge on any atom is 0.306 e. The molecule has 0 aliphatic heterocycles. The van der Waals surface area contributed by atoms with E-state index >= 15 is 0 Å². The first kappa shape index (κ1) is 19.8. The van der Waals surface area contributed by atoms with Crippen LogP contribution in [0, 0.1) is 11.8 Å². The molecule has 1 saturated carbocycles. The highest BCUT2D eigenvalue weighted by Gasteiger charge is 2.27. The van der Waals surface area contributed by atoms with E-state index in [1.54, 1.807) is 12.1 Å². The standard InChI is InChI=1S/C19H29NO4S/c1-15(2)12-13-20(19(21)17-6-4-5-7-17)14-16-8-10-18(11-9-16)24-25(3,22)23/h8-11,15,17H,4-7,12-14H2,1-3H3. The minimum Gasteiger partial charge on any atom is -0.383 e. The molecule has 25 heavy (non-hydrogen) atoms. The highest BCUT2D eigenvalue weighted by Crippen LogP contribution is 2.27. The molecular weight excluding hydrogens is 338 g/mol. The van der Waals surface area contributed by atoms with E-state index in [0.29, 0.717) is 18.2 Å². The van der Waals surface area contributed by atoms with E-state index in [9.17, 15) is 13.2 Å². The van der Waals surface area contributed by atoms with Crippen LogP contribution in [0.15, 0.2) is 24.3 Å². The zero-order chi connectivity index (χ0) is 18.4. The van der Waals surface area contributed by atoms with Crippen LogP contribution in [0.1, 0.15) is 51.5 Å². The number of hydrogen-bond donors (Lipinski definition) is 0. The summed E-state index contributed by atoms with van der Waals surface area (Å²) in [4.78, 5) is 14.8. The minimum absolute atomic E-state index is 0.167. The highest BCUT2D eigenvalue weighted by atomic mass is 32.2. The zero-order valence-corrected chi connectivity index (χ0v) is 16.2. The largest absolute Gasteiger partial charge is 0.383 e. The van der Waals surface area contributed by atoms with Gasteiger partial charge in [-0.1, -0.05) is 38.8 Å². The lowest BCUT2D eigenvalue weighted by atomic mass is 10.0. The maximum atomic E-state index is 12.8. The van der Waals surface area contributed by atoms with Gasteiger partial charge in [-0.25, -0.2) is 0 Å². The fourth-order valence-electron chi connectivity index (χ4n) is 3.16. The van der Waals surface area contributed by atoms with Crippen molar-refractivity contribution in [1.82, 2.24) is 4.90 Å². The van der Waals surface area contributed by atoms with Gasteiger partial charge in [-0.05, 0) is 42.9 Å². The van der Waals surface area contributed by atoms with Crippen molar-refractivity contribution >= 4 is 16.0 Å². The van der Waals surface area contributed by atoms with Crippen molar-refractivity contribution in [1.29, 1.82) is 0 Å². The number of carbonyl (C=O) groups is 1. The smallest absolute Gasteiger partial charge is 0.306 e. The molecule has 2 rings (SSSR count). The summed E-state index contributed by atoms with van der Waals surface area (Å²) in [7, 11) is -3.52. The van der Waals surface area contributed by atoms with Crippen LogP contribution in [0.25, 0.3) is 0 Å². The molecule has 0 atom stereocenters. The third-order valence-electron chi connectivity index (χ3n) is 4.54. The summed E-state index contributed by atoms with van der Waals surface area (Å²) >= 11 is 0. The third kappa shape index (κ3) is 6.69. The molecule has 5 nitrogen and oxygen atoms in total. The molecule has 6 heteroatoms. The van der Waals surface area contributed by atoms with Gasteiger partial charge in [-0.2, -0.15) is 8.42 Å². The predicted octanol–water partition coefficient (Wildman–Crippen LogP) is 3.59. The van der Waals surface area contributed by atoms with Crippen molar-refractivity contribution in [3.05, 3.63) is 29.8 Å². The number of hydrogen-bond acceptors (Lipinski definition) is 4. The monoisotopic (exact) mass is 367 g/mol. The molecule has 0 radical (unpaired) electrons. The van der Waals surface area contributed by atoms with Gasteiger partial charge >= 0.3 is 10.1 Å². The van der Waals surface area contributed by atoms with Gasteiger partial charge in [0.05, 0.1) is 6.26 Å². The van der Waals surface area contributed by atoms with Crippen LogP contribution in [0.3, 0.4) is 0 Å². The first-order valence-corrected chi connectivity index (χ1v) is 10.8. The normalized spacial score (nSPS) is 15.5. The predicted molar refractivity (Wildman–Crippen MR) is 98.7 cm³/mol. The Balaban J connectivity index is 2.05. The second-order valence-corrected chi connectivity index (χ2v) is 8.93. The Morgan fingerprint density at radius 2 is 1.80 bits per heavy atom. The van der Waals surface area contributed by atoms with E-state index in [1.807, 2.05) is 17.0 Å². The fourth-order valence-corrected chi connectivity index (χ4v) is 3.62. The van der Waals surface area contributed by atoms with E-state index in [2.05, 4.69) is 13.8 Å². The van der Waals surface area contributed by atoms with Crippen molar-refractivity contribution in [3.63, 3.8) is 0 Å². The second-order valence-electron chi connectivity index (χ2n) is 7.36. The summed E-state index contributed by atoms with van der Waals surface area (Å²) in [5.41, 5.74) is 0.982. The molecule has 1 aliphatic carbocycles. The van der Waals surface area contributed by atoms with Crippen LogP contribution < -0.4 is 4.18 Å². The molecule has 0 spiro atoms. The lowest BCUT2D eigenvalue weighted by Gasteiger charge is -2.26. The second kappa shape index (κ2) is 8.70. The average Bonchev–Trinajstić information content (AvgIpc) is 3.05. The van der Waals surface area contributed by atoms with Gasteiger partial charge in [0, 0.05) is 19.0 Å². The molecule has 1 aromatic rings. The van der Waals surface area contributed by atoms with Crippen LogP contribution in [0.2, 0.25) is 0 Å². The zero-order valence-electron chi connectivity index (χ0n) is 15.4. The molecular formula is C19H29NO4S. The quantitative estimate of drug-likeness (QED) is 0.659. The van der Waals surface area contributed by atoms with Crippen LogP contribution >= 0.6 is 0 Å². The van der Waals surface area contributed by atoms with Gasteiger partial charge in [0.25, 0.3) is 0 Å². The summed E-state index contributed by atoms with van der Waals surface area (Å²) < 4.78 is 27.2. The van der Waals surface area contributed by atoms with Crippen molar-refractivity contribution in [3.8, 4) is 5.75 Å². The van der Waals surface area contributed by atoms with Crippen LogP contribution in [0.4, 0.5) is 0 Å². The molecule has 0 unspecified atom stereocenters. The first-order valence-electron chi connectivity index (χ1n) is 9.02. The Morgan fingerprint density at radius 3 is 2.32 bits per heavy atom. The number of nitrogens with zero attached hydrogens (tertiary/aromatic N) is 1. The van der Waals surface area contributed by atoms with Gasteiger partial charge in [0.15, 0.2) is 0 Å². The topological polar surface area (TPSA) is 63.7 Å². The van der Waals surface area contributed by atoms with E-state index in [0.717, 1.165) is 50.5 Å². The van der Waals surface area contributed by atoms with Crippen molar-refractivity contribution < 1.29 is 17.4 Å². The Hall–Kier alpha value is -1.56. The Labute approximate surface area is 151 Å². The minimum atomic E-state index is -3.52. The Kier molecular flexibility index (Phi) is 6.87. The molecule has 1 aromatic carbocycles.